The maximum Gasteiger partial charge on any atom is 0.362 e. The number of fused-ring (bicyclic) bond motifs is 1. The van der Waals surface area contributed by atoms with E-state index in [0.29, 0.717) is 34.0 Å². The van der Waals surface area contributed by atoms with Gasteiger partial charge >= 0.3 is 11.6 Å². The molecular weight excluding hydrogens is 484 g/mol. The van der Waals surface area contributed by atoms with E-state index in [4.69, 9.17) is 18.6 Å². The third-order valence-corrected chi connectivity index (χ3v) is 6.26. The highest BCUT2D eigenvalue weighted by Crippen LogP contribution is 2.33. The summed E-state index contributed by atoms with van der Waals surface area (Å²) in [5.74, 6) is 0.167. The second-order valence-electron chi connectivity index (χ2n) is 7.49. The summed E-state index contributed by atoms with van der Waals surface area (Å²) in [6.45, 7) is 2.31. The third kappa shape index (κ3) is 4.56. The minimum atomic E-state index is -0.599. The first kappa shape index (κ1) is 23.2. The summed E-state index contributed by atoms with van der Waals surface area (Å²) >= 11 is 1.17. The molecule has 0 fully saturated rings. The highest BCUT2D eigenvalue weighted by Gasteiger charge is 2.22. The van der Waals surface area contributed by atoms with Crippen LogP contribution in [0.3, 0.4) is 0 Å². The third-order valence-electron chi connectivity index (χ3n) is 5.19. The van der Waals surface area contributed by atoms with Gasteiger partial charge in [0.15, 0.2) is 10.6 Å². The zero-order valence-electron chi connectivity index (χ0n) is 19.3. The van der Waals surface area contributed by atoms with Gasteiger partial charge in [-0.25, -0.2) is 19.3 Å². The van der Waals surface area contributed by atoms with Crippen molar-refractivity contribution < 1.29 is 23.4 Å². The Kier molecular flexibility index (Phi) is 6.46. The summed E-state index contributed by atoms with van der Waals surface area (Å²) in [5.41, 5.74) is 1.26. The van der Waals surface area contributed by atoms with Gasteiger partial charge in [0.25, 0.3) is 0 Å². The zero-order valence-corrected chi connectivity index (χ0v) is 20.2. The van der Waals surface area contributed by atoms with Crippen molar-refractivity contribution in [1.29, 1.82) is 0 Å². The molecule has 3 aromatic heterocycles. The van der Waals surface area contributed by atoms with Crippen molar-refractivity contribution in [1.82, 2.24) is 20.0 Å². The number of carbonyl (C=O) groups excluding carboxylic acids is 1. The lowest BCUT2D eigenvalue weighted by atomic mass is 10.2. The van der Waals surface area contributed by atoms with E-state index in [0.717, 1.165) is 5.56 Å². The van der Waals surface area contributed by atoms with E-state index in [2.05, 4.69) is 15.3 Å². The average molecular weight is 505 g/mol. The minimum absolute atomic E-state index is 0.0598. The van der Waals surface area contributed by atoms with Crippen molar-refractivity contribution in [3.8, 4) is 27.9 Å². The Morgan fingerprint density at radius 1 is 1.11 bits per heavy atom. The van der Waals surface area contributed by atoms with Gasteiger partial charge in [0, 0.05) is 17.0 Å². The maximum atomic E-state index is 12.8. The molecule has 10 nitrogen and oxygen atoms in total. The average Bonchev–Trinajstić information content (AvgIpc) is 3.54. The molecule has 0 spiro atoms. The van der Waals surface area contributed by atoms with Crippen molar-refractivity contribution in [2.45, 2.75) is 13.5 Å². The van der Waals surface area contributed by atoms with Crippen molar-refractivity contribution in [3.05, 3.63) is 81.8 Å². The van der Waals surface area contributed by atoms with Crippen LogP contribution in [-0.2, 0) is 11.3 Å². The van der Waals surface area contributed by atoms with Crippen LogP contribution in [0.4, 0.5) is 0 Å². The number of ether oxygens (including phenoxy) is 3. The Morgan fingerprint density at radius 3 is 2.72 bits per heavy atom. The van der Waals surface area contributed by atoms with Crippen molar-refractivity contribution >= 4 is 28.3 Å². The van der Waals surface area contributed by atoms with Crippen molar-refractivity contribution in [2.75, 3.05) is 13.7 Å². The fourth-order valence-electron chi connectivity index (χ4n) is 3.51. The Bertz CT molecular complexity index is 1590. The molecule has 0 saturated heterocycles. The van der Waals surface area contributed by atoms with E-state index >= 15 is 0 Å². The normalized spacial score (nSPS) is 10.9. The molecule has 0 saturated carbocycles. The molecule has 0 N–H and O–H groups in total. The van der Waals surface area contributed by atoms with E-state index < -0.39 is 11.6 Å². The molecule has 3 heterocycles. The number of esters is 1. The summed E-state index contributed by atoms with van der Waals surface area (Å²) < 4.78 is 23.1. The highest BCUT2D eigenvalue weighted by atomic mass is 32.1. The second kappa shape index (κ2) is 10.0. The Labute approximate surface area is 208 Å². The lowest BCUT2D eigenvalue weighted by Gasteiger charge is -2.08. The largest absolute Gasteiger partial charge is 0.494 e. The predicted molar refractivity (Wildman–Crippen MR) is 132 cm³/mol. The molecule has 0 unspecified atom stereocenters. The number of hydrogen-bond acceptors (Lipinski definition) is 10. The van der Waals surface area contributed by atoms with Gasteiger partial charge in [-0.15, -0.1) is 16.4 Å². The van der Waals surface area contributed by atoms with Gasteiger partial charge in [-0.3, -0.25) is 0 Å². The van der Waals surface area contributed by atoms with Crippen LogP contribution in [0.15, 0.2) is 70.0 Å². The monoisotopic (exact) mass is 504 g/mol. The first-order chi connectivity index (χ1) is 17.6. The molecule has 5 aromatic rings. The smallest absolute Gasteiger partial charge is 0.362 e. The molecule has 0 aliphatic rings. The number of rotatable bonds is 8. The van der Waals surface area contributed by atoms with Gasteiger partial charge < -0.3 is 18.6 Å². The molecule has 2 aromatic carbocycles. The number of thiazole rings is 1. The van der Waals surface area contributed by atoms with Crippen LogP contribution in [0.5, 0.6) is 11.6 Å². The highest BCUT2D eigenvalue weighted by molar-refractivity contribution is 7.17. The van der Waals surface area contributed by atoms with Crippen LogP contribution >= 0.6 is 11.3 Å². The van der Waals surface area contributed by atoms with Gasteiger partial charge in [0.2, 0.25) is 5.88 Å². The van der Waals surface area contributed by atoms with Crippen molar-refractivity contribution in [3.63, 3.8) is 0 Å². The maximum absolute atomic E-state index is 12.8. The Hall–Kier alpha value is -4.51. The summed E-state index contributed by atoms with van der Waals surface area (Å²) in [4.78, 5) is 29.8. The molecule has 11 heteroatoms. The molecule has 0 aliphatic carbocycles. The lowest BCUT2D eigenvalue weighted by molar-refractivity contribution is 0.0600. The van der Waals surface area contributed by atoms with Crippen LogP contribution in [0.2, 0.25) is 0 Å². The van der Waals surface area contributed by atoms with Crippen molar-refractivity contribution in [2.24, 2.45) is 0 Å². The van der Waals surface area contributed by atoms with E-state index in [1.807, 2.05) is 37.3 Å². The molecule has 182 valence electrons. The molecule has 36 heavy (non-hydrogen) atoms. The van der Waals surface area contributed by atoms with Gasteiger partial charge in [-0.05, 0) is 25.1 Å². The first-order valence-electron chi connectivity index (χ1n) is 11.0. The quantitative estimate of drug-likeness (QED) is 0.225. The lowest BCUT2D eigenvalue weighted by Crippen LogP contribution is -2.15. The number of methoxy groups -OCH3 is 1. The van der Waals surface area contributed by atoms with E-state index in [9.17, 15) is 9.59 Å². The van der Waals surface area contributed by atoms with E-state index in [1.54, 1.807) is 24.3 Å². The van der Waals surface area contributed by atoms with Crippen LogP contribution in [0.1, 0.15) is 22.3 Å². The van der Waals surface area contributed by atoms with E-state index in [-0.39, 0.29) is 23.1 Å². The van der Waals surface area contributed by atoms with Crippen LogP contribution in [0.25, 0.3) is 27.2 Å². The van der Waals surface area contributed by atoms with Crippen LogP contribution < -0.4 is 15.1 Å². The van der Waals surface area contributed by atoms with Crippen LogP contribution in [-0.4, -0.2) is 39.7 Å². The Morgan fingerprint density at radius 2 is 1.94 bits per heavy atom. The van der Waals surface area contributed by atoms with Gasteiger partial charge in [-0.2, -0.15) is 0 Å². The summed E-state index contributed by atoms with van der Waals surface area (Å²) in [5, 5.41) is 9.25. The van der Waals surface area contributed by atoms with Gasteiger partial charge in [0.05, 0.1) is 19.9 Å². The van der Waals surface area contributed by atoms with Gasteiger partial charge in [-0.1, -0.05) is 35.5 Å². The SMILES string of the molecule is CCOc1ccc2cc(-n3nncc3COc3nc(-c4ccccc4)sc3C(=O)OC)c(=O)oc2c1. The molecule has 0 radical (unpaired) electrons. The summed E-state index contributed by atoms with van der Waals surface area (Å²) in [7, 11) is 1.29. The molecule has 0 aliphatic heterocycles. The molecule has 0 amide bonds. The number of carbonyl (C=O) groups is 1. The van der Waals surface area contributed by atoms with E-state index in [1.165, 1.54) is 29.3 Å². The predicted octanol–water partition coefficient (Wildman–Crippen LogP) is 4.26. The number of benzene rings is 2. The Balaban J connectivity index is 1.44. The van der Waals surface area contributed by atoms with Crippen LogP contribution in [0, 0.1) is 0 Å². The number of hydrogen-bond donors (Lipinski definition) is 0. The molecule has 0 bridgehead atoms. The first-order valence-corrected chi connectivity index (χ1v) is 11.8. The zero-order chi connectivity index (χ0) is 25.1. The molecule has 5 rings (SSSR count). The molecule has 0 atom stereocenters. The summed E-state index contributed by atoms with van der Waals surface area (Å²) in [6, 6.07) is 16.3. The minimum Gasteiger partial charge on any atom is -0.494 e. The number of aromatic nitrogens is 4. The topological polar surface area (TPSA) is 119 Å². The molecular formula is C25H20N4O6S. The van der Waals surface area contributed by atoms with Gasteiger partial charge in [0.1, 0.15) is 28.6 Å². The summed E-state index contributed by atoms with van der Waals surface area (Å²) in [6.07, 6.45) is 1.46. The number of nitrogens with zero attached hydrogens (tertiary/aromatic N) is 4. The fourth-order valence-corrected chi connectivity index (χ4v) is 4.45. The standard InChI is InChI=1S/C25H20N4O6S/c1-3-33-18-10-9-16-11-19(24(30)35-20(16)12-18)29-17(13-26-28-29)14-34-22-21(25(31)32-2)36-23(27-22)15-7-5-4-6-8-15/h4-13H,3,14H2,1-2H3. The second-order valence-corrected chi connectivity index (χ2v) is 8.49. The fraction of sp³-hybridized carbons (Fsp3) is 0.160.